The quantitative estimate of drug-likeness (QED) is 0.210. The molecule has 6 heteroatoms. The van der Waals surface area contributed by atoms with Crippen molar-refractivity contribution in [2.45, 2.75) is 38.7 Å². The maximum atomic E-state index is 14.0. The van der Waals surface area contributed by atoms with Gasteiger partial charge in [-0.15, -0.1) is 0 Å². The van der Waals surface area contributed by atoms with Gasteiger partial charge in [-0.1, -0.05) is 62.4 Å². The third kappa shape index (κ3) is 5.32. The summed E-state index contributed by atoms with van der Waals surface area (Å²) in [4.78, 5) is 11.4. The van der Waals surface area contributed by atoms with Gasteiger partial charge in [-0.05, 0) is 65.2 Å². The fraction of sp³-hybridized carbons (Fsp3) is 0.176. The third-order valence-corrected chi connectivity index (χ3v) is 7.12. The number of aromatic nitrogens is 1. The Hall–Kier alpha value is -4.89. The van der Waals surface area contributed by atoms with Gasteiger partial charge in [0.2, 0.25) is 0 Å². The van der Waals surface area contributed by atoms with Gasteiger partial charge in [-0.2, -0.15) is 5.26 Å². The first-order valence-corrected chi connectivity index (χ1v) is 13.1. The minimum absolute atomic E-state index is 0.217. The van der Waals surface area contributed by atoms with E-state index in [-0.39, 0.29) is 17.8 Å². The highest BCUT2D eigenvalue weighted by Crippen LogP contribution is 2.43. The lowest BCUT2D eigenvalue weighted by Crippen LogP contribution is -2.22. The Labute approximate surface area is 232 Å². The molecule has 5 nitrogen and oxygen atoms in total. The molecular weight excluding hydrogens is 503 g/mol. The molecule has 0 saturated heterocycles. The minimum Gasteiger partial charge on any atom is -0.488 e. The second kappa shape index (κ2) is 11.1. The molecule has 0 aliphatic carbocycles. The van der Waals surface area contributed by atoms with E-state index in [1.54, 1.807) is 24.3 Å². The number of fused-ring (bicyclic) bond motifs is 1. The van der Waals surface area contributed by atoms with E-state index < -0.39 is 11.4 Å². The van der Waals surface area contributed by atoms with E-state index in [0.29, 0.717) is 18.8 Å². The molecule has 1 N–H and O–H groups in total. The second-order valence-electron chi connectivity index (χ2n) is 10.5. The average molecular weight is 533 g/mol. The number of carboxylic acids is 1. The molecule has 1 aromatic heterocycles. The van der Waals surface area contributed by atoms with Crippen molar-refractivity contribution in [2.75, 3.05) is 0 Å². The monoisotopic (exact) mass is 532 g/mol. The summed E-state index contributed by atoms with van der Waals surface area (Å²) >= 11 is 0. The summed E-state index contributed by atoms with van der Waals surface area (Å²) in [5.74, 6) is -0.607. The number of carbonyl (C=O) groups is 1. The van der Waals surface area contributed by atoms with Gasteiger partial charge in [0.15, 0.2) is 0 Å². The zero-order valence-corrected chi connectivity index (χ0v) is 22.4. The van der Waals surface area contributed by atoms with Crippen molar-refractivity contribution in [2.24, 2.45) is 0 Å². The topological polar surface area (TPSA) is 75.2 Å². The highest BCUT2D eigenvalue weighted by atomic mass is 19.1. The predicted octanol–water partition coefficient (Wildman–Crippen LogP) is 7.83. The molecule has 0 amide bonds. The zero-order valence-electron chi connectivity index (χ0n) is 22.4. The van der Waals surface area contributed by atoms with Crippen LogP contribution >= 0.6 is 0 Å². The Morgan fingerprint density at radius 3 is 2.27 bits per heavy atom. The van der Waals surface area contributed by atoms with Crippen molar-refractivity contribution in [3.63, 3.8) is 0 Å². The van der Waals surface area contributed by atoms with Crippen LogP contribution in [0.3, 0.4) is 0 Å². The van der Waals surface area contributed by atoms with Gasteiger partial charge in [0.1, 0.15) is 18.2 Å². The first kappa shape index (κ1) is 26.7. The molecule has 0 saturated carbocycles. The molecule has 5 aromatic rings. The highest BCUT2D eigenvalue weighted by molar-refractivity contribution is 5.93. The number of nitrogens with zero attached hydrogens (tertiary/aromatic N) is 2. The molecule has 4 aromatic carbocycles. The average Bonchev–Trinajstić information content (AvgIpc) is 3.28. The minimum atomic E-state index is -0.980. The van der Waals surface area contributed by atoms with Gasteiger partial charge in [-0.25, -0.2) is 9.18 Å². The van der Waals surface area contributed by atoms with E-state index >= 15 is 0 Å². The first-order valence-electron chi connectivity index (χ1n) is 13.1. The normalized spacial score (nSPS) is 11.3. The van der Waals surface area contributed by atoms with Crippen LogP contribution in [-0.2, 0) is 18.4 Å². The van der Waals surface area contributed by atoms with E-state index in [1.165, 1.54) is 12.1 Å². The molecule has 0 aliphatic heterocycles. The van der Waals surface area contributed by atoms with Crippen molar-refractivity contribution in [3.8, 4) is 17.5 Å². The van der Waals surface area contributed by atoms with Crippen molar-refractivity contribution in [3.05, 3.63) is 131 Å². The summed E-state index contributed by atoms with van der Waals surface area (Å²) < 4.78 is 22.5. The van der Waals surface area contributed by atoms with Crippen molar-refractivity contribution < 1.29 is 19.0 Å². The van der Waals surface area contributed by atoms with Crippen LogP contribution in [0.15, 0.2) is 97.1 Å². The third-order valence-electron chi connectivity index (χ3n) is 7.12. The molecule has 0 unspecified atom stereocenters. The predicted molar refractivity (Wildman–Crippen MR) is 153 cm³/mol. The van der Waals surface area contributed by atoms with Crippen molar-refractivity contribution in [1.29, 1.82) is 5.26 Å². The molecule has 0 aliphatic rings. The second-order valence-corrected chi connectivity index (χ2v) is 10.5. The van der Waals surface area contributed by atoms with E-state index in [4.69, 9.17) is 4.74 Å². The Bertz CT molecular complexity index is 1700. The molecule has 0 spiro atoms. The Morgan fingerprint density at radius 2 is 1.62 bits per heavy atom. The SMILES string of the molecule is CC(C)(CC#N)c1c(Cc2ccc(C(=O)O)cc2)c2c(OCc3ccccc3)cccc2n1-c1ccc(F)cc1. The maximum absolute atomic E-state index is 14.0. The number of aromatic carboxylic acids is 1. The number of hydrogen-bond acceptors (Lipinski definition) is 3. The Balaban J connectivity index is 1.77. The fourth-order valence-electron chi connectivity index (χ4n) is 5.23. The molecule has 0 atom stereocenters. The van der Waals surface area contributed by atoms with Crippen LogP contribution < -0.4 is 4.74 Å². The molecule has 0 fully saturated rings. The number of rotatable bonds is 9. The number of nitriles is 1. The van der Waals surface area contributed by atoms with Crippen LogP contribution in [0.2, 0.25) is 0 Å². The summed E-state index contributed by atoms with van der Waals surface area (Å²) in [6.07, 6.45) is 0.746. The van der Waals surface area contributed by atoms with Crippen LogP contribution in [0.1, 0.15) is 53.0 Å². The van der Waals surface area contributed by atoms with Crippen LogP contribution in [0.5, 0.6) is 5.75 Å². The van der Waals surface area contributed by atoms with Crippen molar-refractivity contribution in [1.82, 2.24) is 4.57 Å². The van der Waals surface area contributed by atoms with Gasteiger partial charge in [-0.3, -0.25) is 0 Å². The largest absolute Gasteiger partial charge is 0.488 e. The number of carboxylic acid groups (broad SMARTS) is 1. The lowest BCUT2D eigenvalue weighted by molar-refractivity contribution is 0.0697. The lowest BCUT2D eigenvalue weighted by Gasteiger charge is -2.26. The summed E-state index contributed by atoms with van der Waals surface area (Å²) in [5, 5.41) is 20.1. The van der Waals surface area contributed by atoms with E-state index in [1.807, 2.05) is 74.5 Å². The van der Waals surface area contributed by atoms with Crippen LogP contribution in [0.4, 0.5) is 4.39 Å². The fourth-order valence-corrected chi connectivity index (χ4v) is 5.23. The van der Waals surface area contributed by atoms with E-state index in [9.17, 15) is 19.6 Å². The zero-order chi connectivity index (χ0) is 28.3. The van der Waals surface area contributed by atoms with Gasteiger partial charge in [0.05, 0.1) is 17.1 Å². The summed E-state index contributed by atoms with van der Waals surface area (Å²) in [7, 11) is 0. The Morgan fingerprint density at radius 1 is 0.925 bits per heavy atom. The van der Waals surface area contributed by atoms with E-state index in [2.05, 4.69) is 10.6 Å². The van der Waals surface area contributed by atoms with E-state index in [0.717, 1.165) is 39.0 Å². The summed E-state index contributed by atoms with van der Waals surface area (Å²) in [6.45, 7) is 4.45. The van der Waals surface area contributed by atoms with Crippen molar-refractivity contribution >= 4 is 16.9 Å². The number of benzene rings is 4. The standard InChI is InChI=1S/C34H29FN2O3/c1-34(2,19-20-36)32-28(21-23-11-13-25(14-12-23)33(38)39)31-29(37(32)27-17-15-26(35)16-18-27)9-6-10-30(31)40-22-24-7-4-3-5-8-24/h3-18H,19,21-22H2,1-2H3,(H,38,39). The highest BCUT2D eigenvalue weighted by Gasteiger charge is 2.32. The van der Waals surface area contributed by atoms with Gasteiger partial charge in [0, 0.05) is 35.0 Å². The molecule has 40 heavy (non-hydrogen) atoms. The molecule has 0 radical (unpaired) electrons. The van der Waals surface area contributed by atoms with Crippen LogP contribution in [0, 0.1) is 17.1 Å². The summed E-state index contributed by atoms with van der Waals surface area (Å²) in [6, 6.07) is 31.3. The molecule has 1 heterocycles. The van der Waals surface area contributed by atoms with Crippen LogP contribution in [-0.4, -0.2) is 15.6 Å². The lowest BCUT2D eigenvalue weighted by atomic mass is 9.82. The smallest absolute Gasteiger partial charge is 0.335 e. The van der Waals surface area contributed by atoms with Gasteiger partial charge in [0.25, 0.3) is 0 Å². The number of ether oxygens (including phenoxy) is 1. The summed E-state index contributed by atoms with van der Waals surface area (Å²) in [5.41, 5.74) is 5.17. The molecular formula is C34H29FN2O3. The number of hydrogen-bond donors (Lipinski definition) is 1. The van der Waals surface area contributed by atoms with Gasteiger partial charge < -0.3 is 14.4 Å². The molecule has 5 rings (SSSR count). The van der Waals surface area contributed by atoms with Gasteiger partial charge >= 0.3 is 5.97 Å². The molecule has 0 bridgehead atoms. The van der Waals surface area contributed by atoms with Crippen LogP contribution in [0.25, 0.3) is 16.6 Å². The maximum Gasteiger partial charge on any atom is 0.335 e. The Kier molecular flexibility index (Phi) is 7.39. The molecule has 200 valence electrons. The number of halogens is 1. The first-order chi connectivity index (χ1) is 19.3.